The number of carbonyl (C=O) groups is 1. The molecule has 1 amide bonds. The highest BCUT2D eigenvalue weighted by Gasteiger charge is 2.34. The van der Waals surface area contributed by atoms with Gasteiger partial charge in [-0.1, -0.05) is 43.3 Å². The van der Waals surface area contributed by atoms with E-state index in [1.165, 1.54) is 5.56 Å². The van der Waals surface area contributed by atoms with Crippen LogP contribution in [-0.2, 0) is 6.54 Å². The van der Waals surface area contributed by atoms with Crippen molar-refractivity contribution < 1.29 is 14.6 Å². The molecule has 0 aliphatic carbocycles. The lowest BCUT2D eigenvalue weighted by Crippen LogP contribution is -2.49. The van der Waals surface area contributed by atoms with E-state index in [4.69, 9.17) is 4.74 Å². The van der Waals surface area contributed by atoms with Gasteiger partial charge in [-0.2, -0.15) is 0 Å². The number of likely N-dealkylation sites (N-methyl/N-ethyl adjacent to an activating group) is 1. The summed E-state index contributed by atoms with van der Waals surface area (Å²) in [6.45, 7) is 5.80. The average Bonchev–Trinajstić information content (AvgIpc) is 2.86. The number of aliphatic hydroxyl groups is 1. The van der Waals surface area contributed by atoms with Crippen molar-refractivity contribution in [2.45, 2.75) is 32.5 Å². The molecule has 178 valence electrons. The Bertz CT molecular complexity index is 1090. The number of carbonyl (C=O) groups excluding carboxylic acids is 1. The molecule has 1 aliphatic rings. The van der Waals surface area contributed by atoms with Crippen LogP contribution in [0.4, 0.5) is 0 Å². The largest absolute Gasteiger partial charge is 0.472 e. The summed E-state index contributed by atoms with van der Waals surface area (Å²) in [5, 5.41) is 9.85. The molecule has 7 nitrogen and oxygen atoms in total. The van der Waals surface area contributed by atoms with Crippen LogP contribution >= 0.6 is 0 Å². The predicted molar refractivity (Wildman–Crippen MR) is 131 cm³/mol. The molecule has 4 rings (SSSR count). The van der Waals surface area contributed by atoms with E-state index in [1.807, 2.05) is 43.3 Å². The molecular weight excluding hydrogens is 428 g/mol. The topological polar surface area (TPSA) is 78.8 Å². The molecule has 3 heterocycles. The Morgan fingerprint density at radius 1 is 1.18 bits per heavy atom. The van der Waals surface area contributed by atoms with E-state index >= 15 is 0 Å². The van der Waals surface area contributed by atoms with Gasteiger partial charge in [-0.25, -0.2) is 4.98 Å². The quantitative estimate of drug-likeness (QED) is 0.582. The number of hydrogen-bond acceptors (Lipinski definition) is 6. The molecule has 0 spiro atoms. The van der Waals surface area contributed by atoms with Crippen molar-refractivity contribution in [2.24, 2.45) is 5.92 Å². The Labute approximate surface area is 201 Å². The molecule has 0 bridgehead atoms. The lowest BCUT2D eigenvalue weighted by Gasteiger charge is -2.37. The number of pyridine rings is 2. The van der Waals surface area contributed by atoms with E-state index in [-0.39, 0.29) is 30.6 Å². The van der Waals surface area contributed by atoms with Gasteiger partial charge in [0, 0.05) is 55.3 Å². The van der Waals surface area contributed by atoms with Gasteiger partial charge in [0.15, 0.2) is 0 Å². The summed E-state index contributed by atoms with van der Waals surface area (Å²) in [4.78, 5) is 26.3. The van der Waals surface area contributed by atoms with Gasteiger partial charge in [0.2, 0.25) is 5.88 Å². The molecular formula is C27H32N4O3. The molecule has 3 aromatic rings. The van der Waals surface area contributed by atoms with Crippen molar-refractivity contribution in [3.63, 3.8) is 0 Å². The van der Waals surface area contributed by atoms with Crippen LogP contribution in [0.2, 0.25) is 0 Å². The molecule has 1 aromatic carbocycles. The normalized spacial score (nSPS) is 19.2. The minimum atomic E-state index is -0.314. The molecule has 0 saturated heterocycles. The van der Waals surface area contributed by atoms with Gasteiger partial charge in [-0.3, -0.25) is 14.7 Å². The first-order chi connectivity index (χ1) is 16.5. The van der Waals surface area contributed by atoms with E-state index in [9.17, 15) is 9.90 Å². The zero-order chi connectivity index (χ0) is 24.1. The molecule has 0 radical (unpaired) electrons. The second-order valence-electron chi connectivity index (χ2n) is 9.12. The summed E-state index contributed by atoms with van der Waals surface area (Å²) in [6, 6.07) is 15.6. The number of fused-ring (bicyclic) bond motifs is 1. The Hall–Kier alpha value is -3.29. The standard InChI is InChI=1S/C27H32N4O3/c1-19-15-31(20(2)18-32)27(33)24-12-23(22-10-7-11-28-13-22)14-29-26(24)34-25(19)17-30(3)16-21-8-5-4-6-9-21/h4-14,19-20,25,32H,15-18H2,1-3H3/t19-,20-,25-/m0/s1. The van der Waals surface area contributed by atoms with E-state index in [0.717, 1.165) is 17.7 Å². The molecule has 3 atom stereocenters. The van der Waals surface area contributed by atoms with Crippen LogP contribution in [0.1, 0.15) is 29.8 Å². The minimum Gasteiger partial charge on any atom is -0.472 e. The van der Waals surface area contributed by atoms with Crippen LogP contribution in [0.3, 0.4) is 0 Å². The molecule has 1 aliphatic heterocycles. The highest BCUT2D eigenvalue weighted by molar-refractivity contribution is 5.98. The maximum atomic E-state index is 13.6. The van der Waals surface area contributed by atoms with Gasteiger partial charge in [-0.15, -0.1) is 0 Å². The fourth-order valence-electron chi connectivity index (χ4n) is 4.28. The third-order valence-corrected chi connectivity index (χ3v) is 6.30. The van der Waals surface area contributed by atoms with E-state index in [1.54, 1.807) is 23.5 Å². The first kappa shape index (κ1) is 23.9. The van der Waals surface area contributed by atoms with Gasteiger partial charge >= 0.3 is 0 Å². The molecule has 0 fully saturated rings. The third kappa shape index (κ3) is 5.43. The summed E-state index contributed by atoms with van der Waals surface area (Å²) < 4.78 is 6.40. The summed E-state index contributed by atoms with van der Waals surface area (Å²) in [7, 11) is 2.07. The summed E-state index contributed by atoms with van der Waals surface area (Å²) in [6.07, 6.45) is 5.00. The minimum absolute atomic E-state index is 0.0455. The zero-order valence-corrected chi connectivity index (χ0v) is 20.0. The van der Waals surface area contributed by atoms with Crippen molar-refractivity contribution in [2.75, 3.05) is 26.7 Å². The van der Waals surface area contributed by atoms with Crippen LogP contribution in [0.5, 0.6) is 5.88 Å². The Kier molecular flexibility index (Phi) is 7.55. The Balaban J connectivity index is 1.65. The van der Waals surface area contributed by atoms with Gasteiger partial charge < -0.3 is 14.7 Å². The third-order valence-electron chi connectivity index (χ3n) is 6.30. The molecule has 7 heteroatoms. The van der Waals surface area contributed by atoms with Crippen molar-refractivity contribution in [1.29, 1.82) is 0 Å². The summed E-state index contributed by atoms with van der Waals surface area (Å²) in [5.41, 5.74) is 3.31. The maximum Gasteiger partial charge on any atom is 0.259 e. The highest BCUT2D eigenvalue weighted by Crippen LogP contribution is 2.30. The van der Waals surface area contributed by atoms with Crippen molar-refractivity contribution in [1.82, 2.24) is 19.8 Å². The molecule has 0 saturated carbocycles. The highest BCUT2D eigenvalue weighted by atomic mass is 16.5. The first-order valence-electron chi connectivity index (χ1n) is 11.7. The van der Waals surface area contributed by atoms with Gasteiger partial charge in [-0.05, 0) is 31.7 Å². The lowest BCUT2D eigenvalue weighted by molar-refractivity contribution is 0.0325. The van der Waals surface area contributed by atoms with Crippen LogP contribution in [0.25, 0.3) is 11.1 Å². The Morgan fingerprint density at radius 2 is 1.97 bits per heavy atom. The van der Waals surface area contributed by atoms with Gasteiger partial charge in [0.1, 0.15) is 11.7 Å². The van der Waals surface area contributed by atoms with Crippen LogP contribution in [0, 0.1) is 5.92 Å². The number of nitrogens with zero attached hydrogens (tertiary/aromatic N) is 4. The van der Waals surface area contributed by atoms with Crippen LogP contribution in [-0.4, -0.2) is 69.7 Å². The SMILES string of the molecule is C[C@H]1CN([C@@H](C)CO)C(=O)c2cc(-c3cccnc3)cnc2O[C@H]1CN(C)Cc1ccccc1. The number of rotatable bonds is 7. The fraction of sp³-hybridized carbons (Fsp3) is 0.370. The summed E-state index contributed by atoms with van der Waals surface area (Å²) >= 11 is 0. The van der Waals surface area contributed by atoms with E-state index in [2.05, 4.69) is 41.0 Å². The Morgan fingerprint density at radius 3 is 2.68 bits per heavy atom. The lowest BCUT2D eigenvalue weighted by atomic mass is 9.99. The fourth-order valence-corrected chi connectivity index (χ4v) is 4.28. The molecule has 1 N–H and O–H groups in total. The number of amides is 1. The van der Waals surface area contributed by atoms with Crippen molar-refractivity contribution >= 4 is 5.91 Å². The molecule has 0 unspecified atom stereocenters. The molecule has 2 aromatic heterocycles. The number of hydrogen-bond donors (Lipinski definition) is 1. The molecule has 34 heavy (non-hydrogen) atoms. The van der Waals surface area contributed by atoms with E-state index < -0.39 is 0 Å². The number of aromatic nitrogens is 2. The maximum absolute atomic E-state index is 13.6. The van der Waals surface area contributed by atoms with Gasteiger partial charge in [0.25, 0.3) is 5.91 Å². The number of ether oxygens (including phenoxy) is 1. The predicted octanol–water partition coefficient (Wildman–Crippen LogP) is 3.50. The van der Waals surface area contributed by atoms with Crippen molar-refractivity contribution in [3.8, 4) is 17.0 Å². The van der Waals surface area contributed by atoms with E-state index in [0.29, 0.717) is 24.5 Å². The van der Waals surface area contributed by atoms with Crippen LogP contribution in [0.15, 0.2) is 67.1 Å². The average molecular weight is 461 g/mol. The summed E-state index contributed by atoms with van der Waals surface area (Å²) in [5.74, 6) is 0.194. The zero-order valence-electron chi connectivity index (χ0n) is 20.0. The van der Waals surface area contributed by atoms with Crippen LogP contribution < -0.4 is 4.74 Å². The van der Waals surface area contributed by atoms with Crippen molar-refractivity contribution in [3.05, 3.63) is 78.2 Å². The number of aliphatic hydroxyl groups excluding tert-OH is 1. The smallest absolute Gasteiger partial charge is 0.259 e. The van der Waals surface area contributed by atoms with Gasteiger partial charge in [0.05, 0.1) is 12.6 Å². The number of benzene rings is 1. The second kappa shape index (κ2) is 10.8. The monoisotopic (exact) mass is 460 g/mol. The second-order valence-corrected chi connectivity index (χ2v) is 9.12. The first-order valence-corrected chi connectivity index (χ1v) is 11.7.